The monoisotopic (exact) mass is 522 g/mol. The number of methoxy groups -OCH3 is 2. The third-order valence-electron chi connectivity index (χ3n) is 6.85. The smallest absolute Gasteiger partial charge is 0.325 e. The Morgan fingerprint density at radius 2 is 1.77 bits per heavy atom. The number of aryl methyl sites for hydroxylation is 1. The molecule has 0 aliphatic rings. The first-order valence-corrected chi connectivity index (χ1v) is 12.7. The molecule has 0 bridgehead atoms. The van der Waals surface area contributed by atoms with Crippen LogP contribution in [0.5, 0.6) is 5.75 Å². The van der Waals surface area contributed by atoms with E-state index >= 15 is 0 Å². The van der Waals surface area contributed by atoms with E-state index in [2.05, 4.69) is 18.9 Å². The lowest BCUT2D eigenvalue weighted by Crippen LogP contribution is -2.20. The number of para-hydroxylation sites is 2. The Bertz CT molecular complexity index is 1800. The number of rotatable bonds is 7. The van der Waals surface area contributed by atoms with E-state index in [4.69, 9.17) is 14.5 Å². The Morgan fingerprint density at radius 3 is 2.49 bits per heavy atom. The van der Waals surface area contributed by atoms with Crippen LogP contribution in [0.4, 0.5) is 0 Å². The highest BCUT2D eigenvalue weighted by atomic mass is 16.5. The number of carbonyl (C=O) groups excluding carboxylic acids is 1. The van der Waals surface area contributed by atoms with Gasteiger partial charge in [0.1, 0.15) is 12.3 Å². The molecule has 2 aromatic heterocycles. The fraction of sp³-hybridized carbons (Fsp3) is 0.226. The molecule has 0 saturated heterocycles. The first-order chi connectivity index (χ1) is 18.8. The molecule has 0 unspecified atom stereocenters. The van der Waals surface area contributed by atoms with Crippen molar-refractivity contribution in [1.82, 2.24) is 14.2 Å². The molecule has 2 heterocycles. The quantitative estimate of drug-likeness (QED) is 0.208. The van der Waals surface area contributed by atoms with Crippen molar-refractivity contribution in [2.75, 3.05) is 14.2 Å². The van der Waals surface area contributed by atoms with Gasteiger partial charge < -0.3 is 14.0 Å². The Labute approximate surface area is 226 Å². The van der Waals surface area contributed by atoms with Crippen LogP contribution in [0.2, 0.25) is 0 Å². The molecule has 0 aliphatic carbocycles. The molecule has 0 spiro atoms. The molecule has 8 heteroatoms. The van der Waals surface area contributed by atoms with Gasteiger partial charge in [-0.1, -0.05) is 44.2 Å². The van der Waals surface area contributed by atoms with Gasteiger partial charge in [-0.15, -0.1) is 0 Å². The second kappa shape index (κ2) is 10.6. The van der Waals surface area contributed by atoms with Crippen LogP contribution in [0.15, 0.2) is 76.8 Å². The second-order valence-electron chi connectivity index (χ2n) is 9.68. The molecule has 0 N–H and O–H groups in total. The lowest BCUT2D eigenvalue weighted by atomic mass is 9.96. The standard InChI is InChI=1S/C31H30N4O4/c1-19(2)24-15-25(20(3)14-28(24)38-4)30-33-26-12-8-6-11-23(26)31(37)35(30)32-16-21-17-34(18-29(36)39-5)27-13-9-7-10-22(21)27/h6-17,19H,18H2,1-5H3. The predicted molar refractivity (Wildman–Crippen MR) is 154 cm³/mol. The van der Waals surface area contributed by atoms with Gasteiger partial charge in [0.2, 0.25) is 0 Å². The molecule has 8 nitrogen and oxygen atoms in total. The number of hydrogen-bond acceptors (Lipinski definition) is 6. The molecular formula is C31H30N4O4. The topological polar surface area (TPSA) is 87.7 Å². The first-order valence-electron chi connectivity index (χ1n) is 12.7. The molecule has 0 aliphatic heterocycles. The summed E-state index contributed by atoms with van der Waals surface area (Å²) in [6.07, 6.45) is 3.47. The lowest BCUT2D eigenvalue weighted by Gasteiger charge is -2.17. The maximum absolute atomic E-state index is 13.8. The number of hydrogen-bond donors (Lipinski definition) is 0. The van der Waals surface area contributed by atoms with E-state index in [-0.39, 0.29) is 24.0 Å². The van der Waals surface area contributed by atoms with E-state index in [0.29, 0.717) is 16.7 Å². The average molecular weight is 523 g/mol. The van der Waals surface area contributed by atoms with Crippen molar-refractivity contribution in [3.8, 4) is 17.1 Å². The fourth-order valence-corrected chi connectivity index (χ4v) is 4.80. The highest BCUT2D eigenvalue weighted by Gasteiger charge is 2.18. The summed E-state index contributed by atoms with van der Waals surface area (Å²) < 4.78 is 13.7. The number of carbonyl (C=O) groups is 1. The van der Waals surface area contributed by atoms with E-state index < -0.39 is 0 Å². The van der Waals surface area contributed by atoms with Gasteiger partial charge in [0, 0.05) is 28.2 Å². The van der Waals surface area contributed by atoms with Gasteiger partial charge in [-0.05, 0) is 54.3 Å². The van der Waals surface area contributed by atoms with Gasteiger partial charge in [0.05, 0.1) is 31.3 Å². The van der Waals surface area contributed by atoms with Gasteiger partial charge in [-0.25, -0.2) is 4.98 Å². The summed E-state index contributed by atoms with van der Waals surface area (Å²) in [5, 5.41) is 6.05. The lowest BCUT2D eigenvalue weighted by molar-refractivity contribution is -0.141. The number of nitrogens with zero attached hydrogens (tertiary/aromatic N) is 4. The van der Waals surface area contributed by atoms with Crippen molar-refractivity contribution >= 4 is 34.0 Å². The van der Waals surface area contributed by atoms with Crippen molar-refractivity contribution in [1.29, 1.82) is 0 Å². The van der Waals surface area contributed by atoms with Crippen LogP contribution in [-0.4, -0.2) is 40.6 Å². The molecule has 0 atom stereocenters. The Kier molecular flexibility index (Phi) is 7.02. The minimum absolute atomic E-state index is 0.0661. The predicted octanol–water partition coefficient (Wildman–Crippen LogP) is 5.51. The van der Waals surface area contributed by atoms with Gasteiger partial charge in [-0.2, -0.15) is 9.78 Å². The summed E-state index contributed by atoms with van der Waals surface area (Å²) in [5.74, 6) is 1.08. The van der Waals surface area contributed by atoms with Crippen LogP contribution in [0, 0.1) is 6.92 Å². The minimum atomic E-state index is -0.354. The van der Waals surface area contributed by atoms with Crippen LogP contribution in [-0.2, 0) is 16.1 Å². The minimum Gasteiger partial charge on any atom is -0.496 e. The normalized spacial score (nSPS) is 11.6. The Hall–Kier alpha value is -4.72. The zero-order chi connectivity index (χ0) is 27.7. The third-order valence-corrected chi connectivity index (χ3v) is 6.85. The summed E-state index contributed by atoms with van der Waals surface area (Å²) in [5.41, 5.74) is 4.67. The summed E-state index contributed by atoms with van der Waals surface area (Å²) >= 11 is 0. The summed E-state index contributed by atoms with van der Waals surface area (Å²) in [7, 11) is 3.02. The van der Waals surface area contributed by atoms with Crippen molar-refractivity contribution in [2.24, 2.45) is 5.10 Å². The second-order valence-corrected chi connectivity index (χ2v) is 9.68. The van der Waals surface area contributed by atoms with Crippen LogP contribution >= 0.6 is 0 Å². The van der Waals surface area contributed by atoms with Gasteiger partial charge in [0.25, 0.3) is 5.56 Å². The molecule has 0 fully saturated rings. The van der Waals surface area contributed by atoms with E-state index in [1.54, 1.807) is 19.4 Å². The number of fused-ring (bicyclic) bond motifs is 2. The number of aromatic nitrogens is 3. The number of ether oxygens (including phenoxy) is 2. The molecular weight excluding hydrogens is 492 g/mol. The molecule has 5 rings (SSSR count). The summed E-state index contributed by atoms with van der Waals surface area (Å²) in [6.45, 7) is 6.23. The maximum Gasteiger partial charge on any atom is 0.325 e. The van der Waals surface area contributed by atoms with Gasteiger partial charge >= 0.3 is 5.97 Å². The zero-order valence-corrected chi connectivity index (χ0v) is 22.6. The highest BCUT2D eigenvalue weighted by Crippen LogP contribution is 2.34. The van der Waals surface area contributed by atoms with Gasteiger partial charge in [-0.3, -0.25) is 9.59 Å². The highest BCUT2D eigenvalue weighted by molar-refractivity contribution is 6.00. The van der Waals surface area contributed by atoms with Gasteiger partial charge in [0.15, 0.2) is 5.82 Å². The zero-order valence-electron chi connectivity index (χ0n) is 22.6. The summed E-state index contributed by atoms with van der Waals surface area (Å²) in [6, 6.07) is 19.0. The first kappa shape index (κ1) is 25.9. The van der Waals surface area contributed by atoms with E-state index in [1.165, 1.54) is 11.8 Å². The number of esters is 1. The average Bonchev–Trinajstić information content (AvgIpc) is 3.29. The molecule has 0 saturated carbocycles. The van der Waals surface area contributed by atoms with E-state index in [1.807, 2.05) is 72.3 Å². The van der Waals surface area contributed by atoms with Crippen LogP contribution in [0.1, 0.15) is 36.5 Å². The number of benzene rings is 3. The summed E-state index contributed by atoms with van der Waals surface area (Å²) in [4.78, 5) is 30.7. The molecule has 0 radical (unpaired) electrons. The Morgan fingerprint density at radius 1 is 1.05 bits per heavy atom. The SMILES string of the molecule is COC(=O)Cn1cc(C=Nn2c(-c3cc(C(C)C)c(OC)cc3C)nc3ccccc3c2=O)c2ccccc21. The van der Waals surface area contributed by atoms with Crippen LogP contribution < -0.4 is 10.3 Å². The largest absolute Gasteiger partial charge is 0.496 e. The molecule has 5 aromatic rings. The third kappa shape index (κ3) is 4.81. The van der Waals surface area contributed by atoms with Crippen molar-refractivity contribution in [3.05, 3.63) is 93.9 Å². The molecule has 39 heavy (non-hydrogen) atoms. The van der Waals surface area contributed by atoms with Crippen LogP contribution in [0.3, 0.4) is 0 Å². The van der Waals surface area contributed by atoms with Crippen molar-refractivity contribution < 1.29 is 14.3 Å². The van der Waals surface area contributed by atoms with Crippen LogP contribution in [0.25, 0.3) is 33.2 Å². The Balaban J connectivity index is 1.73. The van der Waals surface area contributed by atoms with E-state index in [0.717, 1.165) is 38.9 Å². The fourth-order valence-electron chi connectivity index (χ4n) is 4.80. The van der Waals surface area contributed by atoms with Crippen molar-refractivity contribution in [3.63, 3.8) is 0 Å². The maximum atomic E-state index is 13.8. The molecule has 0 amide bonds. The molecule has 198 valence electrons. The van der Waals surface area contributed by atoms with Crippen molar-refractivity contribution in [2.45, 2.75) is 33.2 Å². The molecule has 3 aromatic carbocycles. The van der Waals surface area contributed by atoms with E-state index in [9.17, 15) is 9.59 Å².